The SMILES string of the molecule is Cc1c(Br)cccc1NC(=O)Cc1ccc(F)cc1. The monoisotopic (exact) mass is 321 g/mol. The van der Waals surface area contributed by atoms with Crippen molar-refractivity contribution in [2.45, 2.75) is 13.3 Å². The van der Waals surface area contributed by atoms with Crippen LogP contribution >= 0.6 is 15.9 Å². The number of rotatable bonds is 3. The smallest absolute Gasteiger partial charge is 0.228 e. The number of carbonyl (C=O) groups excluding carboxylic acids is 1. The van der Waals surface area contributed by atoms with Gasteiger partial charge in [-0.1, -0.05) is 34.1 Å². The highest BCUT2D eigenvalue weighted by Crippen LogP contribution is 2.23. The van der Waals surface area contributed by atoms with Crippen molar-refractivity contribution in [3.05, 3.63) is 63.9 Å². The summed E-state index contributed by atoms with van der Waals surface area (Å²) in [6.45, 7) is 1.93. The van der Waals surface area contributed by atoms with E-state index in [1.807, 2.05) is 25.1 Å². The molecule has 0 atom stereocenters. The molecule has 1 amide bonds. The summed E-state index contributed by atoms with van der Waals surface area (Å²) in [6, 6.07) is 11.6. The molecule has 0 aliphatic heterocycles. The van der Waals surface area contributed by atoms with Gasteiger partial charge in [-0.25, -0.2) is 4.39 Å². The molecule has 0 unspecified atom stereocenters. The van der Waals surface area contributed by atoms with Gasteiger partial charge in [0.2, 0.25) is 5.91 Å². The normalized spacial score (nSPS) is 10.3. The van der Waals surface area contributed by atoms with Crippen LogP contribution in [0.5, 0.6) is 0 Å². The van der Waals surface area contributed by atoms with Crippen LogP contribution in [0.1, 0.15) is 11.1 Å². The van der Waals surface area contributed by atoms with E-state index in [-0.39, 0.29) is 18.1 Å². The largest absolute Gasteiger partial charge is 0.326 e. The van der Waals surface area contributed by atoms with Crippen LogP contribution in [0, 0.1) is 12.7 Å². The third-order valence-corrected chi connectivity index (χ3v) is 3.68. The minimum Gasteiger partial charge on any atom is -0.326 e. The summed E-state index contributed by atoms with van der Waals surface area (Å²) < 4.78 is 13.7. The number of benzene rings is 2. The highest BCUT2D eigenvalue weighted by Gasteiger charge is 2.07. The Labute approximate surface area is 119 Å². The molecule has 0 spiro atoms. The van der Waals surface area contributed by atoms with E-state index >= 15 is 0 Å². The molecule has 19 heavy (non-hydrogen) atoms. The van der Waals surface area contributed by atoms with Gasteiger partial charge in [0, 0.05) is 10.2 Å². The molecule has 4 heteroatoms. The van der Waals surface area contributed by atoms with Crippen LogP contribution in [0.2, 0.25) is 0 Å². The van der Waals surface area contributed by atoms with Crippen LogP contribution in [-0.2, 0) is 11.2 Å². The number of halogens is 2. The first-order chi connectivity index (χ1) is 9.06. The first kappa shape index (κ1) is 13.7. The van der Waals surface area contributed by atoms with Crippen LogP contribution in [-0.4, -0.2) is 5.91 Å². The van der Waals surface area contributed by atoms with Crippen LogP contribution < -0.4 is 5.32 Å². The summed E-state index contributed by atoms with van der Waals surface area (Å²) >= 11 is 3.42. The van der Waals surface area contributed by atoms with Crippen molar-refractivity contribution in [2.75, 3.05) is 5.32 Å². The summed E-state index contributed by atoms with van der Waals surface area (Å²) in [7, 11) is 0. The second kappa shape index (κ2) is 5.97. The van der Waals surface area contributed by atoms with Crippen molar-refractivity contribution in [1.82, 2.24) is 0 Å². The van der Waals surface area contributed by atoms with E-state index in [1.165, 1.54) is 12.1 Å². The van der Waals surface area contributed by atoms with Crippen molar-refractivity contribution in [2.24, 2.45) is 0 Å². The van der Waals surface area contributed by atoms with E-state index in [1.54, 1.807) is 12.1 Å². The van der Waals surface area contributed by atoms with Crippen LogP contribution in [0.4, 0.5) is 10.1 Å². The molecule has 1 N–H and O–H groups in total. The van der Waals surface area contributed by atoms with Gasteiger partial charge >= 0.3 is 0 Å². The lowest BCUT2D eigenvalue weighted by Crippen LogP contribution is -2.15. The Hall–Kier alpha value is -1.68. The molecule has 0 heterocycles. The molecular weight excluding hydrogens is 309 g/mol. The Bertz CT molecular complexity index is 596. The topological polar surface area (TPSA) is 29.1 Å². The third-order valence-electron chi connectivity index (χ3n) is 2.82. The first-order valence-corrected chi connectivity index (χ1v) is 6.65. The third kappa shape index (κ3) is 3.64. The number of hydrogen-bond donors (Lipinski definition) is 1. The fraction of sp³-hybridized carbons (Fsp3) is 0.133. The highest BCUT2D eigenvalue weighted by molar-refractivity contribution is 9.10. The number of anilines is 1. The fourth-order valence-electron chi connectivity index (χ4n) is 1.72. The summed E-state index contributed by atoms with van der Waals surface area (Å²) in [5, 5.41) is 2.85. The number of amides is 1. The molecule has 2 aromatic rings. The summed E-state index contributed by atoms with van der Waals surface area (Å²) in [5.74, 6) is -0.417. The van der Waals surface area contributed by atoms with Gasteiger partial charge in [0.15, 0.2) is 0 Å². The van der Waals surface area contributed by atoms with E-state index in [2.05, 4.69) is 21.2 Å². The average Bonchev–Trinajstić information content (AvgIpc) is 2.38. The first-order valence-electron chi connectivity index (χ1n) is 5.85. The lowest BCUT2D eigenvalue weighted by atomic mass is 10.1. The Kier molecular flexibility index (Phi) is 4.32. The van der Waals surface area contributed by atoms with Gasteiger partial charge < -0.3 is 5.32 Å². The van der Waals surface area contributed by atoms with Crippen molar-refractivity contribution in [3.8, 4) is 0 Å². The number of carbonyl (C=O) groups is 1. The Morgan fingerprint density at radius 2 is 1.89 bits per heavy atom. The molecule has 2 aromatic carbocycles. The Balaban J connectivity index is 2.05. The van der Waals surface area contributed by atoms with Crippen molar-refractivity contribution in [1.29, 1.82) is 0 Å². The van der Waals surface area contributed by atoms with Gasteiger partial charge in [0.25, 0.3) is 0 Å². The van der Waals surface area contributed by atoms with Crippen LogP contribution in [0.15, 0.2) is 46.9 Å². The van der Waals surface area contributed by atoms with Gasteiger partial charge in [-0.3, -0.25) is 4.79 Å². The Morgan fingerprint density at radius 3 is 2.58 bits per heavy atom. The summed E-state index contributed by atoms with van der Waals surface area (Å²) in [5.41, 5.74) is 2.54. The van der Waals surface area contributed by atoms with Crippen molar-refractivity contribution < 1.29 is 9.18 Å². The molecule has 0 radical (unpaired) electrons. The zero-order valence-corrected chi connectivity index (χ0v) is 12.0. The quantitative estimate of drug-likeness (QED) is 0.906. The lowest BCUT2D eigenvalue weighted by Gasteiger charge is -2.09. The second-order valence-corrected chi connectivity index (χ2v) is 5.12. The van der Waals surface area contributed by atoms with Crippen molar-refractivity contribution >= 4 is 27.5 Å². The van der Waals surface area contributed by atoms with E-state index in [0.29, 0.717) is 0 Å². The van der Waals surface area contributed by atoms with Gasteiger partial charge in [-0.2, -0.15) is 0 Å². The van der Waals surface area contributed by atoms with Crippen LogP contribution in [0.25, 0.3) is 0 Å². The molecule has 98 valence electrons. The van der Waals surface area contributed by atoms with E-state index in [4.69, 9.17) is 0 Å². The zero-order valence-electron chi connectivity index (χ0n) is 10.4. The molecule has 2 nitrogen and oxygen atoms in total. The van der Waals surface area contributed by atoms with Gasteiger partial charge in [0.05, 0.1) is 6.42 Å². The average molecular weight is 322 g/mol. The van der Waals surface area contributed by atoms with E-state index in [0.717, 1.165) is 21.3 Å². The standard InChI is InChI=1S/C15H13BrFNO/c1-10-13(16)3-2-4-14(10)18-15(19)9-11-5-7-12(17)8-6-11/h2-8H,9H2,1H3,(H,18,19). The molecule has 0 aliphatic rings. The molecule has 0 saturated heterocycles. The number of nitrogens with one attached hydrogen (secondary N) is 1. The fourth-order valence-corrected chi connectivity index (χ4v) is 2.09. The predicted molar refractivity (Wildman–Crippen MR) is 77.6 cm³/mol. The summed E-state index contributed by atoms with van der Waals surface area (Å²) in [6.07, 6.45) is 0.228. The maximum absolute atomic E-state index is 12.8. The molecule has 0 fully saturated rings. The molecule has 0 aromatic heterocycles. The maximum Gasteiger partial charge on any atom is 0.228 e. The molecular formula is C15H13BrFNO. The zero-order chi connectivity index (χ0) is 13.8. The van der Waals surface area contributed by atoms with Crippen molar-refractivity contribution in [3.63, 3.8) is 0 Å². The van der Waals surface area contributed by atoms with Crippen LogP contribution in [0.3, 0.4) is 0 Å². The van der Waals surface area contributed by atoms with Gasteiger partial charge in [-0.05, 0) is 42.3 Å². The maximum atomic E-state index is 12.8. The second-order valence-electron chi connectivity index (χ2n) is 4.26. The molecule has 2 rings (SSSR count). The molecule has 0 aliphatic carbocycles. The minimum absolute atomic E-state index is 0.118. The number of hydrogen-bond acceptors (Lipinski definition) is 1. The predicted octanol–water partition coefficient (Wildman–Crippen LogP) is 4.08. The highest BCUT2D eigenvalue weighted by atomic mass is 79.9. The Morgan fingerprint density at radius 1 is 1.21 bits per heavy atom. The minimum atomic E-state index is -0.299. The van der Waals surface area contributed by atoms with Gasteiger partial charge in [-0.15, -0.1) is 0 Å². The summed E-state index contributed by atoms with van der Waals surface area (Å²) in [4.78, 5) is 11.9. The lowest BCUT2D eigenvalue weighted by molar-refractivity contribution is -0.115. The van der Waals surface area contributed by atoms with E-state index in [9.17, 15) is 9.18 Å². The van der Waals surface area contributed by atoms with Gasteiger partial charge in [0.1, 0.15) is 5.82 Å². The van der Waals surface area contributed by atoms with E-state index < -0.39 is 0 Å². The molecule has 0 saturated carbocycles. The molecule has 0 bridgehead atoms.